The van der Waals surface area contributed by atoms with Crippen molar-refractivity contribution in [1.82, 2.24) is 0 Å². The molecule has 0 bridgehead atoms. The van der Waals surface area contributed by atoms with E-state index >= 15 is 0 Å². The number of methoxy groups -OCH3 is 1. The summed E-state index contributed by atoms with van der Waals surface area (Å²) in [5.74, 6) is 1.22. The summed E-state index contributed by atoms with van der Waals surface area (Å²) in [5, 5.41) is 2.13. The van der Waals surface area contributed by atoms with E-state index < -0.39 is 13.9 Å². The lowest BCUT2D eigenvalue weighted by molar-refractivity contribution is 0.300. The van der Waals surface area contributed by atoms with Crippen LogP contribution in [0.5, 0.6) is 11.5 Å². The van der Waals surface area contributed by atoms with Crippen LogP contribution in [-0.2, 0) is 4.57 Å². The standard InChI is InChI=1S/C20H20BrO5P/c1-12-9-14(26-11-27(22,23)24)10-13(2)19(12)16-5-4-6-17-15(16)7-8-18(25-3)20(17)21/h4-10H,11H2,1-3H3,(H2,22,23,24). The molecule has 3 rings (SSSR count). The molecule has 142 valence electrons. The number of hydrogen-bond acceptors (Lipinski definition) is 3. The maximum Gasteiger partial charge on any atom is 0.362 e. The molecule has 0 spiro atoms. The predicted octanol–water partition coefficient (Wildman–Crippen LogP) is 5.41. The van der Waals surface area contributed by atoms with Gasteiger partial charge in [0.25, 0.3) is 0 Å². The molecule has 0 aromatic heterocycles. The minimum absolute atomic E-state index is 0.445. The number of hydrogen-bond donors (Lipinski definition) is 2. The average Bonchev–Trinajstić information content (AvgIpc) is 2.59. The molecule has 5 nitrogen and oxygen atoms in total. The largest absolute Gasteiger partial charge is 0.496 e. The normalized spacial score (nSPS) is 11.6. The van der Waals surface area contributed by atoms with Crippen LogP contribution >= 0.6 is 23.5 Å². The van der Waals surface area contributed by atoms with E-state index in [-0.39, 0.29) is 0 Å². The monoisotopic (exact) mass is 450 g/mol. The molecular formula is C20H20BrO5P. The Kier molecular flexibility index (Phi) is 5.63. The van der Waals surface area contributed by atoms with Crippen LogP contribution in [0.1, 0.15) is 11.1 Å². The van der Waals surface area contributed by atoms with Crippen molar-refractivity contribution in [1.29, 1.82) is 0 Å². The zero-order chi connectivity index (χ0) is 19.8. The Labute approximate surface area is 166 Å². The first-order valence-corrected chi connectivity index (χ1v) is 10.8. The molecule has 0 saturated heterocycles. The quantitative estimate of drug-likeness (QED) is 0.508. The zero-order valence-electron chi connectivity index (χ0n) is 15.2. The Hall–Kier alpha value is -1.85. The molecule has 0 atom stereocenters. The SMILES string of the molecule is COc1ccc2c(-c3c(C)cc(OCP(=O)(O)O)cc3C)cccc2c1Br. The lowest BCUT2D eigenvalue weighted by atomic mass is 9.91. The summed E-state index contributed by atoms with van der Waals surface area (Å²) < 4.78 is 22.6. The summed E-state index contributed by atoms with van der Waals surface area (Å²) in [4.78, 5) is 18.0. The maximum atomic E-state index is 11.0. The van der Waals surface area contributed by atoms with Gasteiger partial charge < -0.3 is 19.3 Å². The van der Waals surface area contributed by atoms with E-state index in [0.29, 0.717) is 5.75 Å². The molecule has 3 aromatic carbocycles. The van der Waals surface area contributed by atoms with E-state index in [4.69, 9.17) is 19.3 Å². The molecule has 0 saturated carbocycles. The molecule has 0 unspecified atom stereocenters. The first kappa shape index (κ1) is 19.9. The van der Waals surface area contributed by atoms with Crippen molar-refractivity contribution in [2.45, 2.75) is 13.8 Å². The van der Waals surface area contributed by atoms with Crippen LogP contribution in [0, 0.1) is 13.8 Å². The van der Waals surface area contributed by atoms with Gasteiger partial charge >= 0.3 is 7.60 Å². The second kappa shape index (κ2) is 7.64. The molecule has 0 amide bonds. The fourth-order valence-electron chi connectivity index (χ4n) is 3.27. The fraction of sp³-hybridized carbons (Fsp3) is 0.200. The van der Waals surface area contributed by atoms with E-state index in [1.807, 2.05) is 38.1 Å². The topological polar surface area (TPSA) is 76.0 Å². The van der Waals surface area contributed by atoms with Crippen LogP contribution in [0.4, 0.5) is 0 Å². The van der Waals surface area contributed by atoms with E-state index in [2.05, 4.69) is 22.0 Å². The summed E-state index contributed by atoms with van der Waals surface area (Å²) in [7, 11) is -2.58. The van der Waals surface area contributed by atoms with Crippen LogP contribution in [-0.4, -0.2) is 23.2 Å². The second-order valence-electron chi connectivity index (χ2n) is 6.35. The van der Waals surface area contributed by atoms with Gasteiger partial charge in [0.1, 0.15) is 11.5 Å². The van der Waals surface area contributed by atoms with Crippen molar-refractivity contribution in [3.63, 3.8) is 0 Å². The number of fused-ring (bicyclic) bond motifs is 1. The third kappa shape index (κ3) is 4.19. The number of benzene rings is 3. The molecular weight excluding hydrogens is 431 g/mol. The third-order valence-corrected chi connectivity index (χ3v) is 5.64. The number of ether oxygens (including phenoxy) is 2. The molecule has 0 radical (unpaired) electrons. The minimum atomic E-state index is -4.22. The first-order chi connectivity index (χ1) is 12.7. The van der Waals surface area contributed by atoms with Gasteiger partial charge in [0.05, 0.1) is 11.6 Å². The molecule has 0 aliphatic heterocycles. The van der Waals surface area contributed by atoms with Gasteiger partial charge in [-0.05, 0) is 81.7 Å². The third-order valence-electron chi connectivity index (χ3n) is 4.36. The highest BCUT2D eigenvalue weighted by Gasteiger charge is 2.17. The molecule has 7 heteroatoms. The molecule has 2 N–H and O–H groups in total. The Morgan fingerprint density at radius 3 is 2.30 bits per heavy atom. The van der Waals surface area contributed by atoms with E-state index in [1.54, 1.807) is 19.2 Å². The fourth-order valence-corrected chi connectivity index (χ4v) is 4.22. The van der Waals surface area contributed by atoms with Gasteiger partial charge in [-0.15, -0.1) is 0 Å². The Balaban J connectivity index is 2.12. The van der Waals surface area contributed by atoms with Crippen LogP contribution in [0.3, 0.4) is 0 Å². The van der Waals surface area contributed by atoms with Crippen molar-refractivity contribution < 1.29 is 23.8 Å². The summed E-state index contributed by atoms with van der Waals surface area (Å²) in [6.45, 7) is 3.92. The number of rotatable bonds is 5. The van der Waals surface area contributed by atoms with Crippen molar-refractivity contribution in [2.24, 2.45) is 0 Å². The Morgan fingerprint density at radius 2 is 1.70 bits per heavy atom. The van der Waals surface area contributed by atoms with E-state index in [9.17, 15) is 4.57 Å². The highest BCUT2D eigenvalue weighted by Crippen LogP contribution is 2.41. The van der Waals surface area contributed by atoms with Crippen molar-refractivity contribution in [2.75, 3.05) is 13.5 Å². The van der Waals surface area contributed by atoms with Crippen molar-refractivity contribution in [3.05, 3.63) is 58.1 Å². The molecule has 27 heavy (non-hydrogen) atoms. The summed E-state index contributed by atoms with van der Waals surface area (Å²) in [6, 6.07) is 13.7. The van der Waals surface area contributed by atoms with Gasteiger partial charge in [-0.3, -0.25) is 4.57 Å². The van der Waals surface area contributed by atoms with Crippen LogP contribution in [0.15, 0.2) is 46.9 Å². The van der Waals surface area contributed by atoms with Crippen molar-refractivity contribution in [3.8, 4) is 22.6 Å². The highest BCUT2D eigenvalue weighted by molar-refractivity contribution is 9.10. The van der Waals surface area contributed by atoms with Gasteiger partial charge in [-0.1, -0.05) is 18.2 Å². The summed E-state index contributed by atoms with van der Waals surface area (Å²) in [6.07, 6.45) is -0.633. The lowest BCUT2D eigenvalue weighted by Gasteiger charge is -2.17. The van der Waals surface area contributed by atoms with Gasteiger partial charge in [0.15, 0.2) is 6.35 Å². The van der Waals surface area contributed by atoms with Crippen LogP contribution in [0.2, 0.25) is 0 Å². The highest BCUT2D eigenvalue weighted by atomic mass is 79.9. The van der Waals surface area contributed by atoms with E-state index in [0.717, 1.165) is 43.2 Å². The average molecular weight is 451 g/mol. The molecule has 3 aromatic rings. The lowest BCUT2D eigenvalue weighted by Crippen LogP contribution is -2.00. The first-order valence-electron chi connectivity index (χ1n) is 8.25. The molecule has 0 fully saturated rings. The molecule has 0 aliphatic rings. The Bertz CT molecular complexity index is 1030. The summed E-state index contributed by atoms with van der Waals surface area (Å²) in [5.41, 5.74) is 4.08. The van der Waals surface area contributed by atoms with E-state index in [1.165, 1.54) is 0 Å². The molecule has 0 heterocycles. The van der Waals surface area contributed by atoms with Gasteiger partial charge in [-0.25, -0.2) is 0 Å². The van der Waals surface area contributed by atoms with Gasteiger partial charge in [0.2, 0.25) is 0 Å². The van der Waals surface area contributed by atoms with Crippen LogP contribution in [0.25, 0.3) is 21.9 Å². The molecule has 0 aliphatic carbocycles. The van der Waals surface area contributed by atoms with Crippen molar-refractivity contribution >= 4 is 34.3 Å². The second-order valence-corrected chi connectivity index (χ2v) is 8.73. The smallest absolute Gasteiger partial charge is 0.362 e. The summed E-state index contributed by atoms with van der Waals surface area (Å²) >= 11 is 3.62. The number of aryl methyl sites for hydroxylation is 2. The predicted molar refractivity (Wildman–Crippen MR) is 111 cm³/mol. The zero-order valence-corrected chi connectivity index (χ0v) is 17.7. The minimum Gasteiger partial charge on any atom is -0.496 e. The number of halogens is 1. The Morgan fingerprint density at radius 1 is 1.04 bits per heavy atom. The van der Waals surface area contributed by atoms with Gasteiger partial charge in [-0.2, -0.15) is 0 Å². The van der Waals surface area contributed by atoms with Crippen LogP contribution < -0.4 is 9.47 Å². The van der Waals surface area contributed by atoms with Gasteiger partial charge in [0, 0.05) is 5.39 Å². The maximum absolute atomic E-state index is 11.0.